The highest BCUT2D eigenvalue weighted by atomic mass is 16.5. The Kier molecular flexibility index (Phi) is 9.86. The maximum atomic E-state index is 12.3. The summed E-state index contributed by atoms with van der Waals surface area (Å²) < 4.78 is 10.3. The summed E-state index contributed by atoms with van der Waals surface area (Å²) in [5, 5.41) is 3.30. The first-order valence-corrected chi connectivity index (χ1v) is 11.0. The summed E-state index contributed by atoms with van der Waals surface area (Å²) in [6.45, 7) is 4.27. The molecule has 0 saturated heterocycles. The van der Waals surface area contributed by atoms with Gasteiger partial charge in [-0.15, -0.1) is 0 Å². The Labute approximate surface area is 192 Å². The number of hydrogen-bond donors (Lipinski definition) is 4. The van der Waals surface area contributed by atoms with E-state index < -0.39 is 23.5 Å². The van der Waals surface area contributed by atoms with Crippen LogP contribution in [-0.4, -0.2) is 37.4 Å². The van der Waals surface area contributed by atoms with E-state index >= 15 is 0 Å². The van der Waals surface area contributed by atoms with E-state index in [0.717, 1.165) is 0 Å². The van der Waals surface area contributed by atoms with Crippen LogP contribution in [0.25, 0.3) is 11.0 Å². The largest absolute Gasteiger partial charge is 0.497 e. The number of hydrazine groups is 1. The molecule has 1 aromatic carbocycles. The third kappa shape index (κ3) is 8.23. The summed E-state index contributed by atoms with van der Waals surface area (Å²) in [4.78, 5) is 48.1. The molecule has 33 heavy (non-hydrogen) atoms. The van der Waals surface area contributed by atoms with E-state index in [4.69, 9.17) is 14.9 Å². The number of carbonyl (C=O) groups is 3. The molecule has 2 aromatic rings. The number of carbonyl (C=O) groups excluding carboxylic acids is 3. The van der Waals surface area contributed by atoms with E-state index in [2.05, 4.69) is 16.2 Å². The van der Waals surface area contributed by atoms with Gasteiger partial charge in [-0.05, 0) is 43.4 Å². The Morgan fingerprint density at radius 3 is 2.55 bits per heavy atom. The number of nitrogens with one attached hydrogen (secondary N) is 3. The summed E-state index contributed by atoms with van der Waals surface area (Å²) >= 11 is 0. The number of hydrogen-bond acceptors (Lipinski definition) is 7. The fourth-order valence-corrected chi connectivity index (χ4v) is 3.16. The highest BCUT2D eigenvalue weighted by Crippen LogP contribution is 2.20. The Hall–Kier alpha value is -3.40. The molecular formula is C23H32N4O6. The summed E-state index contributed by atoms with van der Waals surface area (Å²) in [6, 6.07) is 5.83. The van der Waals surface area contributed by atoms with Crippen LogP contribution in [0.3, 0.4) is 0 Å². The van der Waals surface area contributed by atoms with Gasteiger partial charge in [0.2, 0.25) is 5.91 Å². The molecular weight excluding hydrogens is 428 g/mol. The van der Waals surface area contributed by atoms with Crippen LogP contribution in [-0.2, 0) is 9.59 Å². The lowest BCUT2D eigenvalue weighted by Crippen LogP contribution is -2.49. The lowest BCUT2D eigenvalue weighted by molar-refractivity contribution is -0.129. The van der Waals surface area contributed by atoms with Crippen molar-refractivity contribution in [1.29, 1.82) is 0 Å². The van der Waals surface area contributed by atoms with Crippen LogP contribution in [0.5, 0.6) is 5.75 Å². The molecule has 10 nitrogen and oxygen atoms in total. The second-order valence-corrected chi connectivity index (χ2v) is 8.19. The van der Waals surface area contributed by atoms with E-state index in [9.17, 15) is 19.2 Å². The van der Waals surface area contributed by atoms with Gasteiger partial charge in [0.15, 0.2) is 0 Å². The number of amides is 3. The number of benzene rings is 1. The molecule has 0 aliphatic carbocycles. The number of unbranched alkanes of at least 4 members (excludes halogenated alkanes) is 2. The molecule has 0 fully saturated rings. The van der Waals surface area contributed by atoms with Gasteiger partial charge >= 0.3 is 5.63 Å². The third-order valence-corrected chi connectivity index (χ3v) is 4.94. The van der Waals surface area contributed by atoms with Gasteiger partial charge in [0.1, 0.15) is 16.9 Å². The zero-order valence-electron chi connectivity index (χ0n) is 19.2. The maximum Gasteiger partial charge on any atom is 0.349 e. The predicted molar refractivity (Wildman–Crippen MR) is 124 cm³/mol. The lowest BCUT2D eigenvalue weighted by atomic mass is 10.0. The molecule has 3 amide bonds. The second kappa shape index (κ2) is 12.6. The van der Waals surface area contributed by atoms with Crippen LogP contribution in [0.2, 0.25) is 0 Å². The Bertz CT molecular complexity index is 1030. The molecule has 1 atom stereocenters. The molecule has 180 valence electrons. The van der Waals surface area contributed by atoms with Gasteiger partial charge in [-0.2, -0.15) is 0 Å². The summed E-state index contributed by atoms with van der Waals surface area (Å²) in [7, 11) is 1.51. The van der Waals surface area contributed by atoms with Crippen LogP contribution < -0.4 is 32.3 Å². The molecule has 1 heterocycles. The van der Waals surface area contributed by atoms with Crippen LogP contribution in [0.15, 0.2) is 33.5 Å². The van der Waals surface area contributed by atoms with Gasteiger partial charge in [0, 0.05) is 24.4 Å². The van der Waals surface area contributed by atoms with Crippen molar-refractivity contribution in [2.24, 2.45) is 11.7 Å². The van der Waals surface area contributed by atoms with Crippen molar-refractivity contribution < 1.29 is 23.5 Å². The van der Waals surface area contributed by atoms with Crippen molar-refractivity contribution in [3.63, 3.8) is 0 Å². The first kappa shape index (κ1) is 25.9. The molecule has 0 spiro atoms. The monoisotopic (exact) mass is 460 g/mol. The second-order valence-electron chi connectivity index (χ2n) is 8.19. The van der Waals surface area contributed by atoms with E-state index in [-0.39, 0.29) is 23.8 Å². The van der Waals surface area contributed by atoms with Gasteiger partial charge in [-0.25, -0.2) is 4.79 Å². The fourth-order valence-electron chi connectivity index (χ4n) is 3.16. The number of methoxy groups -OCH3 is 1. The van der Waals surface area contributed by atoms with Crippen LogP contribution in [0, 0.1) is 5.92 Å². The highest BCUT2D eigenvalue weighted by molar-refractivity contribution is 5.96. The highest BCUT2D eigenvalue weighted by Gasteiger charge is 2.16. The lowest BCUT2D eigenvalue weighted by Gasteiger charge is -2.14. The van der Waals surface area contributed by atoms with Crippen molar-refractivity contribution >= 4 is 28.7 Å². The van der Waals surface area contributed by atoms with Gasteiger partial charge in [-0.1, -0.05) is 20.3 Å². The maximum absolute atomic E-state index is 12.3. The molecule has 0 aliphatic heterocycles. The topological polar surface area (TPSA) is 153 Å². The Morgan fingerprint density at radius 1 is 1.09 bits per heavy atom. The Balaban J connectivity index is 1.68. The number of ether oxygens (including phenoxy) is 1. The first-order chi connectivity index (χ1) is 15.7. The molecule has 0 unspecified atom stereocenters. The zero-order chi connectivity index (χ0) is 24.4. The van der Waals surface area contributed by atoms with Crippen molar-refractivity contribution in [2.45, 2.75) is 52.0 Å². The van der Waals surface area contributed by atoms with Crippen molar-refractivity contribution in [3.8, 4) is 5.75 Å². The van der Waals surface area contributed by atoms with Crippen molar-refractivity contribution in [3.05, 3.63) is 40.2 Å². The fraction of sp³-hybridized carbons (Fsp3) is 0.478. The summed E-state index contributed by atoms with van der Waals surface area (Å²) in [5.41, 5.74) is 9.98. The predicted octanol–water partition coefficient (Wildman–Crippen LogP) is 1.61. The first-order valence-electron chi connectivity index (χ1n) is 11.0. The van der Waals surface area contributed by atoms with Crippen LogP contribution >= 0.6 is 0 Å². The van der Waals surface area contributed by atoms with Gasteiger partial charge in [0.05, 0.1) is 13.2 Å². The zero-order valence-corrected chi connectivity index (χ0v) is 19.2. The average Bonchev–Trinajstić information content (AvgIpc) is 2.78. The molecule has 0 radical (unpaired) electrons. The minimum atomic E-state index is -0.722. The van der Waals surface area contributed by atoms with Crippen molar-refractivity contribution in [1.82, 2.24) is 16.2 Å². The smallest absolute Gasteiger partial charge is 0.349 e. The van der Waals surface area contributed by atoms with Crippen molar-refractivity contribution in [2.75, 3.05) is 13.7 Å². The minimum Gasteiger partial charge on any atom is -0.497 e. The van der Waals surface area contributed by atoms with Gasteiger partial charge in [0.25, 0.3) is 11.8 Å². The molecule has 10 heteroatoms. The number of fused-ring (bicyclic) bond motifs is 1. The SMILES string of the molecule is COc1ccc2cc(C(=O)NCCCCCC(=O)NNC(=O)[C@@H](N)CC(C)C)c(=O)oc2c1. The third-order valence-electron chi connectivity index (χ3n) is 4.94. The van der Waals surface area contributed by atoms with E-state index in [1.807, 2.05) is 13.8 Å². The molecule has 5 N–H and O–H groups in total. The van der Waals surface area contributed by atoms with E-state index in [1.54, 1.807) is 18.2 Å². The molecule has 0 aliphatic rings. The standard InChI is InChI=1S/C23H32N4O6/c1-14(2)11-18(24)22(30)27-26-20(28)7-5-4-6-10-25-21(29)17-12-15-8-9-16(32-3)13-19(15)33-23(17)31/h8-9,12-14,18H,4-7,10-11,24H2,1-3H3,(H,25,29)(H,26,28)(H,27,30)/t18-/m0/s1. The number of nitrogens with two attached hydrogens (primary N) is 1. The molecule has 0 saturated carbocycles. The Morgan fingerprint density at radius 2 is 1.85 bits per heavy atom. The average molecular weight is 461 g/mol. The molecule has 0 bridgehead atoms. The van der Waals surface area contributed by atoms with Gasteiger partial charge in [-0.3, -0.25) is 25.2 Å². The summed E-state index contributed by atoms with van der Waals surface area (Å²) in [5.74, 6) is -0.415. The normalized spacial score (nSPS) is 11.8. The quantitative estimate of drug-likeness (QED) is 0.226. The summed E-state index contributed by atoms with van der Waals surface area (Å²) in [6.07, 6.45) is 2.64. The van der Waals surface area contributed by atoms with E-state index in [1.165, 1.54) is 13.2 Å². The van der Waals surface area contributed by atoms with E-state index in [0.29, 0.717) is 48.9 Å². The minimum absolute atomic E-state index is 0.0709. The van der Waals surface area contributed by atoms with Crippen LogP contribution in [0.4, 0.5) is 0 Å². The van der Waals surface area contributed by atoms with Gasteiger partial charge < -0.3 is 20.2 Å². The van der Waals surface area contributed by atoms with Crippen LogP contribution in [0.1, 0.15) is 56.3 Å². The molecule has 2 rings (SSSR count). The molecule has 1 aromatic heterocycles. The number of rotatable bonds is 11.